The van der Waals surface area contributed by atoms with Crippen molar-refractivity contribution in [1.29, 1.82) is 5.41 Å². The van der Waals surface area contributed by atoms with Gasteiger partial charge in [0.15, 0.2) is 11.1 Å². The molecule has 1 fully saturated rings. The molecule has 5 rings (SSSR count). The van der Waals surface area contributed by atoms with Gasteiger partial charge in [-0.25, -0.2) is 4.98 Å². The van der Waals surface area contributed by atoms with Crippen molar-refractivity contribution in [3.8, 4) is 28.4 Å². The number of nitrogens with two attached hydrogens (primary N) is 1. The fourth-order valence-corrected chi connectivity index (χ4v) is 4.83. The summed E-state index contributed by atoms with van der Waals surface area (Å²) in [6.45, 7) is 0.801. The van der Waals surface area contributed by atoms with E-state index in [0.29, 0.717) is 18.1 Å². The number of benzene rings is 2. The van der Waals surface area contributed by atoms with Crippen molar-refractivity contribution in [3.05, 3.63) is 59.8 Å². The molecule has 1 aliphatic heterocycles. The van der Waals surface area contributed by atoms with Gasteiger partial charge in [0.1, 0.15) is 5.75 Å². The smallest absolute Gasteiger partial charge is 0.229 e. The van der Waals surface area contributed by atoms with Crippen molar-refractivity contribution >= 4 is 28.1 Å². The van der Waals surface area contributed by atoms with E-state index in [1.807, 2.05) is 58.8 Å². The Kier molecular flexibility index (Phi) is 6.13. The molecule has 0 saturated carbocycles. The summed E-state index contributed by atoms with van der Waals surface area (Å²) in [5, 5.41) is 18.0. The van der Waals surface area contributed by atoms with Crippen LogP contribution in [0.4, 0.5) is 10.8 Å². The molecule has 3 heterocycles. The average molecular weight is 476 g/mol. The number of anilines is 2. The van der Waals surface area contributed by atoms with Crippen molar-refractivity contribution < 1.29 is 9.26 Å². The summed E-state index contributed by atoms with van der Waals surface area (Å²) >= 11 is 1.54. The zero-order valence-corrected chi connectivity index (χ0v) is 19.5. The van der Waals surface area contributed by atoms with Crippen LogP contribution in [-0.2, 0) is 6.42 Å². The number of aromatic nitrogens is 3. The Hall–Kier alpha value is -3.92. The molecule has 2 aromatic carbocycles. The quantitative estimate of drug-likeness (QED) is 0.263. The molecule has 174 valence electrons. The lowest BCUT2D eigenvalue weighted by Crippen LogP contribution is -2.41. The molecule has 1 atom stereocenters. The van der Waals surface area contributed by atoms with Gasteiger partial charge in [0.05, 0.1) is 12.8 Å². The van der Waals surface area contributed by atoms with E-state index in [4.69, 9.17) is 20.4 Å². The monoisotopic (exact) mass is 475 g/mol. The van der Waals surface area contributed by atoms with E-state index in [1.54, 1.807) is 18.4 Å². The molecular weight excluding hydrogens is 450 g/mol. The molecule has 9 nitrogen and oxygen atoms in total. The minimum absolute atomic E-state index is 0.0983. The van der Waals surface area contributed by atoms with E-state index in [1.165, 1.54) is 0 Å². The van der Waals surface area contributed by atoms with Crippen LogP contribution in [0.3, 0.4) is 0 Å². The van der Waals surface area contributed by atoms with Gasteiger partial charge in [-0.1, -0.05) is 17.3 Å². The number of methoxy groups -OCH3 is 1. The summed E-state index contributed by atoms with van der Waals surface area (Å²) in [4.78, 5) is 11.1. The van der Waals surface area contributed by atoms with Gasteiger partial charge in [0.2, 0.25) is 11.7 Å². The number of thiazole rings is 1. The standard InChI is InChI=1S/C24H25N7O2S/c1-32-19-6-2-4-16(12-19)20-14-34-24(28-20)27-17-9-7-15(8-10-17)22-29-21(33-30-22)13-18-5-3-11-31(18)23(25)26/h2,4,6-10,12,14,18H,3,5,11,13H2,1H3,(H3,25,26)(H,27,28)/t18-/m0/s1. The van der Waals surface area contributed by atoms with Crippen LogP contribution in [-0.4, -0.2) is 45.7 Å². The number of hydrogen-bond donors (Lipinski definition) is 3. The van der Waals surface area contributed by atoms with E-state index in [9.17, 15) is 0 Å². The number of ether oxygens (including phenoxy) is 1. The maximum absolute atomic E-state index is 7.71. The number of guanidine groups is 1. The second-order valence-electron chi connectivity index (χ2n) is 8.06. The van der Waals surface area contributed by atoms with Gasteiger partial charge in [-0.3, -0.25) is 5.41 Å². The molecule has 0 bridgehead atoms. The Bertz CT molecular complexity index is 1280. The van der Waals surface area contributed by atoms with Gasteiger partial charge in [-0.2, -0.15) is 4.98 Å². The number of nitrogens with zero attached hydrogens (tertiary/aromatic N) is 4. The van der Waals surface area contributed by atoms with Crippen molar-refractivity contribution in [3.63, 3.8) is 0 Å². The Labute approximate surface area is 201 Å². The molecule has 0 unspecified atom stereocenters. The fraction of sp³-hybridized carbons (Fsp3) is 0.250. The number of rotatable bonds is 7. The minimum Gasteiger partial charge on any atom is -0.497 e. The summed E-state index contributed by atoms with van der Waals surface area (Å²) in [6.07, 6.45) is 2.57. The highest BCUT2D eigenvalue weighted by molar-refractivity contribution is 7.14. The summed E-state index contributed by atoms with van der Waals surface area (Å²) in [5.74, 6) is 2.01. The molecule has 0 amide bonds. The van der Waals surface area contributed by atoms with Crippen molar-refractivity contribution in [2.45, 2.75) is 25.3 Å². The van der Waals surface area contributed by atoms with Gasteiger partial charge < -0.3 is 25.2 Å². The van der Waals surface area contributed by atoms with E-state index >= 15 is 0 Å². The summed E-state index contributed by atoms with van der Waals surface area (Å²) in [5.41, 5.74) is 9.37. The van der Waals surface area contributed by atoms with E-state index in [0.717, 1.165) is 52.8 Å². The Balaban J connectivity index is 1.23. The van der Waals surface area contributed by atoms with Crippen molar-refractivity contribution in [1.82, 2.24) is 20.0 Å². The number of likely N-dealkylation sites (tertiary alicyclic amines) is 1. The predicted octanol–water partition coefficient (Wildman–Crippen LogP) is 4.51. The van der Waals surface area contributed by atoms with Gasteiger partial charge in [0, 0.05) is 41.2 Å². The zero-order chi connectivity index (χ0) is 23.5. The lowest BCUT2D eigenvalue weighted by molar-refractivity contribution is 0.320. The molecule has 0 radical (unpaired) electrons. The van der Waals surface area contributed by atoms with E-state index in [-0.39, 0.29) is 12.0 Å². The zero-order valence-electron chi connectivity index (χ0n) is 18.7. The number of hydrogen-bond acceptors (Lipinski definition) is 8. The van der Waals surface area contributed by atoms with Gasteiger partial charge >= 0.3 is 0 Å². The highest BCUT2D eigenvalue weighted by Crippen LogP contribution is 2.30. The summed E-state index contributed by atoms with van der Waals surface area (Å²) < 4.78 is 10.8. The first kappa shape index (κ1) is 21.9. The van der Waals surface area contributed by atoms with Crippen LogP contribution in [0.15, 0.2) is 58.4 Å². The molecule has 2 aromatic heterocycles. The molecule has 1 saturated heterocycles. The van der Waals surface area contributed by atoms with Crippen LogP contribution in [0, 0.1) is 5.41 Å². The van der Waals surface area contributed by atoms with Crippen LogP contribution in [0.1, 0.15) is 18.7 Å². The second-order valence-corrected chi connectivity index (χ2v) is 8.92. The molecule has 34 heavy (non-hydrogen) atoms. The fourth-order valence-electron chi connectivity index (χ4n) is 4.09. The predicted molar refractivity (Wildman–Crippen MR) is 132 cm³/mol. The molecular formula is C24H25N7O2S. The van der Waals surface area contributed by atoms with Crippen molar-refractivity contribution in [2.24, 2.45) is 5.73 Å². The highest BCUT2D eigenvalue weighted by atomic mass is 32.1. The minimum atomic E-state index is 0.0983. The number of nitrogens with one attached hydrogen (secondary N) is 2. The normalized spacial score (nSPS) is 15.4. The van der Waals surface area contributed by atoms with Crippen LogP contribution >= 0.6 is 11.3 Å². The Morgan fingerprint density at radius 3 is 2.88 bits per heavy atom. The molecule has 0 aliphatic carbocycles. The van der Waals surface area contributed by atoms with E-state index in [2.05, 4.69) is 20.4 Å². The molecule has 4 N–H and O–H groups in total. The molecule has 1 aliphatic rings. The Morgan fingerprint density at radius 2 is 2.09 bits per heavy atom. The third-order valence-corrected chi connectivity index (χ3v) is 6.59. The lowest BCUT2D eigenvalue weighted by atomic mass is 10.1. The molecule has 0 spiro atoms. The Morgan fingerprint density at radius 1 is 1.24 bits per heavy atom. The highest BCUT2D eigenvalue weighted by Gasteiger charge is 2.27. The van der Waals surface area contributed by atoms with Crippen LogP contribution in [0.5, 0.6) is 5.75 Å². The van der Waals surface area contributed by atoms with E-state index < -0.39 is 0 Å². The SMILES string of the molecule is COc1cccc(-c2csc(Nc3ccc(-c4noc(C[C@@H]5CCCN5C(=N)N)n4)cc3)n2)c1. The van der Waals surface area contributed by atoms with Crippen LogP contribution < -0.4 is 15.8 Å². The van der Waals surface area contributed by atoms with Crippen molar-refractivity contribution in [2.75, 3.05) is 19.0 Å². The van der Waals surface area contributed by atoms with Crippen LogP contribution in [0.25, 0.3) is 22.6 Å². The van der Waals surface area contributed by atoms with Gasteiger partial charge in [-0.05, 0) is 49.2 Å². The maximum atomic E-state index is 7.71. The summed E-state index contributed by atoms with van der Waals surface area (Å²) in [6, 6.07) is 15.8. The van der Waals surface area contributed by atoms with Gasteiger partial charge in [-0.15, -0.1) is 11.3 Å². The third-order valence-electron chi connectivity index (χ3n) is 5.83. The summed E-state index contributed by atoms with van der Waals surface area (Å²) in [7, 11) is 1.66. The third kappa shape index (κ3) is 4.72. The molecule has 10 heteroatoms. The van der Waals surface area contributed by atoms with Gasteiger partial charge in [0.25, 0.3) is 0 Å². The first-order valence-corrected chi connectivity index (χ1v) is 11.9. The van der Waals surface area contributed by atoms with Crippen LogP contribution in [0.2, 0.25) is 0 Å². The first-order chi connectivity index (χ1) is 16.6. The first-order valence-electron chi connectivity index (χ1n) is 11.0. The largest absolute Gasteiger partial charge is 0.497 e. The average Bonchev–Trinajstić information content (AvgIpc) is 3.61. The lowest BCUT2D eigenvalue weighted by Gasteiger charge is -2.23. The second kappa shape index (κ2) is 9.52. The topological polar surface area (TPSA) is 126 Å². The maximum Gasteiger partial charge on any atom is 0.229 e. The molecule has 4 aromatic rings.